The Morgan fingerprint density at radius 2 is 1.79 bits per heavy atom. The van der Waals surface area contributed by atoms with Crippen LogP contribution in [0.15, 0.2) is 10.8 Å². The molecule has 1 saturated heterocycles. The summed E-state index contributed by atoms with van der Waals surface area (Å²) in [4.78, 5) is 13.3. The Morgan fingerprint density at radius 3 is 2.47 bits per heavy atom. The summed E-state index contributed by atoms with van der Waals surface area (Å²) in [5, 5.41) is 0. The van der Waals surface area contributed by atoms with E-state index in [1.165, 1.54) is 25.7 Å². The first-order valence-electron chi connectivity index (χ1n) is 7.00. The second kappa shape index (κ2) is 5.63. The van der Waals surface area contributed by atoms with Crippen LogP contribution in [0.25, 0.3) is 0 Å². The summed E-state index contributed by atoms with van der Waals surface area (Å²) in [6.07, 6.45) is 7.10. The lowest BCUT2D eigenvalue weighted by atomic mass is 10.2. The van der Waals surface area contributed by atoms with Crippen molar-refractivity contribution in [2.45, 2.75) is 31.7 Å². The number of piperazine rings is 1. The van der Waals surface area contributed by atoms with Crippen molar-refractivity contribution in [3.05, 3.63) is 10.8 Å². The van der Waals surface area contributed by atoms with Crippen molar-refractivity contribution < 1.29 is 0 Å². The molecule has 1 aliphatic heterocycles. The fourth-order valence-corrected chi connectivity index (χ4v) is 3.62. The molecule has 0 atom stereocenters. The van der Waals surface area contributed by atoms with Gasteiger partial charge in [0, 0.05) is 32.2 Å². The highest BCUT2D eigenvalue weighted by molar-refractivity contribution is 9.10. The summed E-state index contributed by atoms with van der Waals surface area (Å²) >= 11 is 3.49. The Balaban J connectivity index is 1.64. The standard InChI is InChI=1S/C13H20BrN5/c14-11-12(15)16-9-17-13(11)19-7-5-18(6-8-19)10-3-1-2-4-10/h9-10H,1-8H2,(H2,15,16,17). The van der Waals surface area contributed by atoms with Crippen molar-refractivity contribution in [1.29, 1.82) is 0 Å². The van der Waals surface area contributed by atoms with Crippen molar-refractivity contribution in [2.24, 2.45) is 0 Å². The molecule has 104 valence electrons. The van der Waals surface area contributed by atoms with E-state index in [1.807, 2.05) is 0 Å². The lowest BCUT2D eigenvalue weighted by Gasteiger charge is -2.38. The van der Waals surface area contributed by atoms with Crippen molar-refractivity contribution in [2.75, 3.05) is 36.8 Å². The molecule has 19 heavy (non-hydrogen) atoms. The zero-order valence-corrected chi connectivity index (χ0v) is 12.6. The fraction of sp³-hybridized carbons (Fsp3) is 0.692. The number of hydrogen-bond donors (Lipinski definition) is 1. The Labute approximate surface area is 122 Å². The number of halogens is 1. The van der Waals surface area contributed by atoms with E-state index in [2.05, 4.69) is 35.7 Å². The molecule has 2 N–H and O–H groups in total. The van der Waals surface area contributed by atoms with E-state index >= 15 is 0 Å². The van der Waals surface area contributed by atoms with Crippen LogP contribution in [0.1, 0.15) is 25.7 Å². The highest BCUT2D eigenvalue weighted by atomic mass is 79.9. The second-order valence-corrected chi connectivity index (χ2v) is 6.15. The minimum absolute atomic E-state index is 0.517. The SMILES string of the molecule is Nc1ncnc(N2CCN(C3CCCC3)CC2)c1Br. The number of nitrogen functional groups attached to an aromatic ring is 1. The molecule has 0 amide bonds. The summed E-state index contributed by atoms with van der Waals surface area (Å²) < 4.78 is 0.823. The Morgan fingerprint density at radius 1 is 1.11 bits per heavy atom. The Bertz CT molecular complexity index is 439. The first kappa shape index (κ1) is 13.1. The molecule has 1 aromatic rings. The number of aromatic nitrogens is 2. The molecule has 1 saturated carbocycles. The quantitative estimate of drug-likeness (QED) is 0.899. The lowest BCUT2D eigenvalue weighted by Crippen LogP contribution is -2.50. The van der Waals surface area contributed by atoms with Crippen LogP contribution in [0.4, 0.5) is 11.6 Å². The van der Waals surface area contributed by atoms with Gasteiger partial charge in [0.2, 0.25) is 0 Å². The number of anilines is 2. The van der Waals surface area contributed by atoms with Crippen molar-refractivity contribution in [1.82, 2.24) is 14.9 Å². The first-order valence-corrected chi connectivity index (χ1v) is 7.80. The maximum Gasteiger partial charge on any atom is 0.148 e. The van der Waals surface area contributed by atoms with Crippen molar-refractivity contribution in [3.63, 3.8) is 0 Å². The summed E-state index contributed by atoms with van der Waals surface area (Å²) in [5.41, 5.74) is 5.82. The van der Waals surface area contributed by atoms with Gasteiger partial charge in [-0.3, -0.25) is 4.90 Å². The van der Waals surface area contributed by atoms with Gasteiger partial charge in [-0.25, -0.2) is 9.97 Å². The van der Waals surface area contributed by atoms with Gasteiger partial charge < -0.3 is 10.6 Å². The highest BCUT2D eigenvalue weighted by Crippen LogP contribution is 2.29. The molecule has 2 aliphatic rings. The number of rotatable bonds is 2. The smallest absolute Gasteiger partial charge is 0.148 e. The molecule has 0 bridgehead atoms. The molecule has 1 aliphatic carbocycles. The molecular formula is C13H20BrN5. The molecule has 0 spiro atoms. The van der Waals surface area contributed by atoms with Gasteiger partial charge in [0.1, 0.15) is 22.4 Å². The van der Waals surface area contributed by atoms with Crippen LogP contribution in [-0.2, 0) is 0 Å². The number of hydrogen-bond acceptors (Lipinski definition) is 5. The third-order valence-corrected chi connectivity index (χ3v) is 5.01. The largest absolute Gasteiger partial charge is 0.383 e. The van der Waals surface area contributed by atoms with Crippen LogP contribution in [0.5, 0.6) is 0 Å². The molecule has 0 aromatic carbocycles. The average molecular weight is 326 g/mol. The summed E-state index contributed by atoms with van der Waals surface area (Å²) in [6, 6.07) is 0.820. The van der Waals surface area contributed by atoms with E-state index in [0.29, 0.717) is 5.82 Å². The molecule has 2 fully saturated rings. The summed E-state index contributed by atoms with van der Waals surface area (Å²) in [5.74, 6) is 1.45. The molecule has 2 heterocycles. The normalized spacial score (nSPS) is 22.1. The van der Waals surface area contributed by atoms with E-state index in [4.69, 9.17) is 5.73 Å². The lowest BCUT2D eigenvalue weighted by molar-refractivity contribution is 0.187. The van der Waals surface area contributed by atoms with Crippen LogP contribution in [0.2, 0.25) is 0 Å². The van der Waals surface area contributed by atoms with Gasteiger partial charge >= 0.3 is 0 Å². The molecule has 1 aromatic heterocycles. The van der Waals surface area contributed by atoms with Crippen LogP contribution in [-0.4, -0.2) is 47.1 Å². The Kier molecular flexibility index (Phi) is 3.88. The van der Waals surface area contributed by atoms with Crippen LogP contribution in [0.3, 0.4) is 0 Å². The van der Waals surface area contributed by atoms with E-state index < -0.39 is 0 Å². The topological polar surface area (TPSA) is 58.3 Å². The number of nitrogens with zero attached hydrogens (tertiary/aromatic N) is 4. The minimum Gasteiger partial charge on any atom is -0.383 e. The molecule has 6 heteroatoms. The maximum atomic E-state index is 5.82. The van der Waals surface area contributed by atoms with E-state index in [0.717, 1.165) is 42.5 Å². The molecule has 3 rings (SSSR count). The van der Waals surface area contributed by atoms with E-state index in [1.54, 1.807) is 6.33 Å². The van der Waals surface area contributed by atoms with E-state index in [-0.39, 0.29) is 0 Å². The number of nitrogens with two attached hydrogens (primary N) is 1. The zero-order chi connectivity index (χ0) is 13.2. The average Bonchev–Trinajstić information content (AvgIpc) is 2.96. The maximum absolute atomic E-state index is 5.82. The fourth-order valence-electron chi connectivity index (χ4n) is 3.16. The van der Waals surface area contributed by atoms with Crippen LogP contribution >= 0.6 is 15.9 Å². The van der Waals surface area contributed by atoms with Crippen LogP contribution < -0.4 is 10.6 Å². The van der Waals surface area contributed by atoms with Crippen LogP contribution in [0, 0.1) is 0 Å². The summed E-state index contributed by atoms with van der Waals surface area (Å²) in [6.45, 7) is 4.29. The minimum atomic E-state index is 0.517. The van der Waals surface area contributed by atoms with Crippen molar-refractivity contribution in [3.8, 4) is 0 Å². The predicted octanol–water partition coefficient (Wildman–Crippen LogP) is 1.89. The second-order valence-electron chi connectivity index (χ2n) is 5.36. The van der Waals surface area contributed by atoms with Gasteiger partial charge in [0.15, 0.2) is 0 Å². The first-order chi connectivity index (χ1) is 9.25. The summed E-state index contributed by atoms with van der Waals surface area (Å²) in [7, 11) is 0. The molecule has 0 radical (unpaired) electrons. The third-order valence-electron chi connectivity index (χ3n) is 4.25. The third kappa shape index (κ3) is 2.69. The van der Waals surface area contributed by atoms with Gasteiger partial charge in [0.05, 0.1) is 0 Å². The van der Waals surface area contributed by atoms with Gasteiger partial charge in [-0.1, -0.05) is 12.8 Å². The highest BCUT2D eigenvalue weighted by Gasteiger charge is 2.27. The monoisotopic (exact) mass is 325 g/mol. The van der Waals surface area contributed by atoms with E-state index in [9.17, 15) is 0 Å². The zero-order valence-electron chi connectivity index (χ0n) is 11.1. The molecule has 5 nitrogen and oxygen atoms in total. The Hall–Kier alpha value is -0.880. The van der Waals surface area contributed by atoms with Crippen molar-refractivity contribution >= 4 is 27.6 Å². The van der Waals surface area contributed by atoms with Gasteiger partial charge in [-0.05, 0) is 28.8 Å². The predicted molar refractivity (Wildman–Crippen MR) is 80.2 cm³/mol. The molecule has 0 unspecified atom stereocenters. The van der Waals surface area contributed by atoms with Gasteiger partial charge in [-0.2, -0.15) is 0 Å². The van der Waals surface area contributed by atoms with Gasteiger partial charge in [0.25, 0.3) is 0 Å². The molecular weight excluding hydrogens is 306 g/mol. The van der Waals surface area contributed by atoms with Gasteiger partial charge in [-0.15, -0.1) is 0 Å².